The van der Waals surface area contributed by atoms with Crippen molar-refractivity contribution in [2.24, 2.45) is 5.73 Å². The molecular weight excluding hydrogens is 250 g/mol. The van der Waals surface area contributed by atoms with Gasteiger partial charge in [-0.1, -0.05) is 0 Å². The third kappa shape index (κ3) is 2.78. The molecule has 0 saturated carbocycles. The van der Waals surface area contributed by atoms with Crippen LogP contribution in [0.25, 0.3) is 0 Å². The van der Waals surface area contributed by atoms with Crippen LogP contribution in [0.15, 0.2) is 0 Å². The van der Waals surface area contributed by atoms with E-state index in [1.54, 1.807) is 0 Å². The predicted molar refractivity (Wildman–Crippen MR) is 55.2 cm³/mol. The van der Waals surface area contributed by atoms with Gasteiger partial charge in [0.05, 0.1) is 18.8 Å². The molecule has 8 N–H and O–H groups in total. The van der Waals surface area contributed by atoms with Crippen LogP contribution in [0.5, 0.6) is 0 Å². The van der Waals surface area contributed by atoms with Crippen molar-refractivity contribution in [3.8, 4) is 0 Å². The quantitative estimate of drug-likeness (QED) is 0.267. The van der Waals surface area contributed by atoms with Gasteiger partial charge in [-0.25, -0.2) is 4.79 Å². The van der Waals surface area contributed by atoms with Crippen LogP contribution in [0.4, 0.5) is 0 Å². The van der Waals surface area contributed by atoms with Crippen molar-refractivity contribution in [3.63, 3.8) is 0 Å². The van der Waals surface area contributed by atoms with E-state index in [2.05, 4.69) is 0 Å². The van der Waals surface area contributed by atoms with Gasteiger partial charge in [0.1, 0.15) is 18.3 Å². The van der Waals surface area contributed by atoms with E-state index in [4.69, 9.17) is 20.7 Å². The number of aliphatic hydroxyl groups is 5. The molecule has 106 valence electrons. The van der Waals surface area contributed by atoms with Crippen LogP contribution in [-0.4, -0.2) is 79.5 Å². The second-order valence-electron chi connectivity index (χ2n) is 4.26. The first kappa shape index (κ1) is 15.2. The lowest BCUT2D eigenvalue weighted by Crippen LogP contribution is -2.65. The maximum absolute atomic E-state index is 10.8. The summed E-state index contributed by atoms with van der Waals surface area (Å²) in [6, 6.07) is -1.21. The van der Waals surface area contributed by atoms with Gasteiger partial charge in [0.2, 0.25) is 0 Å². The van der Waals surface area contributed by atoms with E-state index in [1.165, 1.54) is 0 Å². The first-order valence-corrected chi connectivity index (χ1v) is 5.27. The number of ether oxygens (including phenoxy) is 1. The summed E-state index contributed by atoms with van der Waals surface area (Å²) in [5.74, 6) is -4.44. The van der Waals surface area contributed by atoms with Crippen LogP contribution in [0, 0.1) is 0 Å². The van der Waals surface area contributed by atoms with Crippen LogP contribution in [0.1, 0.15) is 6.42 Å². The van der Waals surface area contributed by atoms with Crippen LogP contribution >= 0.6 is 0 Å². The molecule has 0 amide bonds. The van der Waals surface area contributed by atoms with Crippen LogP contribution in [0.2, 0.25) is 0 Å². The van der Waals surface area contributed by atoms with Gasteiger partial charge in [-0.3, -0.25) is 0 Å². The number of rotatable bonds is 4. The number of hydrogen-bond donors (Lipinski definition) is 7. The molecule has 1 saturated heterocycles. The zero-order valence-corrected chi connectivity index (χ0v) is 9.38. The fraction of sp³-hybridized carbons (Fsp3) is 0.889. The minimum atomic E-state index is -2.70. The van der Waals surface area contributed by atoms with E-state index in [-0.39, 0.29) is 0 Å². The van der Waals surface area contributed by atoms with Gasteiger partial charge in [-0.2, -0.15) is 0 Å². The highest BCUT2D eigenvalue weighted by Gasteiger charge is 2.52. The van der Waals surface area contributed by atoms with Crippen molar-refractivity contribution < 1.29 is 40.2 Å². The van der Waals surface area contributed by atoms with Crippen molar-refractivity contribution in [2.45, 2.75) is 42.7 Å². The van der Waals surface area contributed by atoms with Crippen LogP contribution in [-0.2, 0) is 9.53 Å². The maximum atomic E-state index is 10.8. The first-order chi connectivity index (χ1) is 8.23. The Kier molecular flexibility index (Phi) is 4.61. The summed E-state index contributed by atoms with van der Waals surface area (Å²) < 4.78 is 4.75. The monoisotopic (exact) mass is 267 g/mol. The van der Waals surface area contributed by atoms with Crippen molar-refractivity contribution in [2.75, 3.05) is 6.61 Å². The van der Waals surface area contributed by atoms with E-state index < -0.39 is 55.2 Å². The maximum Gasteiger partial charge on any atom is 0.364 e. The fourth-order valence-corrected chi connectivity index (χ4v) is 1.75. The third-order valence-corrected chi connectivity index (χ3v) is 2.89. The van der Waals surface area contributed by atoms with E-state index in [1.807, 2.05) is 0 Å². The van der Waals surface area contributed by atoms with Gasteiger partial charge in [0, 0.05) is 6.42 Å². The van der Waals surface area contributed by atoms with E-state index >= 15 is 0 Å². The largest absolute Gasteiger partial charge is 0.477 e. The zero-order valence-electron chi connectivity index (χ0n) is 9.38. The lowest BCUT2D eigenvalue weighted by Gasteiger charge is -2.43. The summed E-state index contributed by atoms with van der Waals surface area (Å²) in [4.78, 5) is 10.8. The Hall–Kier alpha value is -0.810. The van der Waals surface area contributed by atoms with Crippen molar-refractivity contribution in [1.82, 2.24) is 0 Å². The molecule has 9 nitrogen and oxygen atoms in total. The molecule has 0 aromatic heterocycles. The molecule has 0 bridgehead atoms. The SMILES string of the molecule is NC1C(O)C[C@](O)(C(=O)O)OC1C(O)[C@H](O)CO. The molecule has 0 spiro atoms. The average molecular weight is 267 g/mol. The standard InChI is InChI=1S/C9H17NO8/c10-5-3(12)1-9(17,8(15)16)18-7(5)6(14)4(13)2-11/h3-7,11-14,17H,1-2,10H2,(H,15,16)/t3?,4-,5?,6?,7?,9-/m1/s1. The topological polar surface area (TPSA) is 174 Å². The fourth-order valence-electron chi connectivity index (χ4n) is 1.75. The molecule has 9 heteroatoms. The second-order valence-corrected chi connectivity index (χ2v) is 4.26. The molecule has 0 aliphatic carbocycles. The minimum Gasteiger partial charge on any atom is -0.477 e. The van der Waals surface area contributed by atoms with Crippen LogP contribution < -0.4 is 5.73 Å². The summed E-state index contributed by atoms with van der Waals surface area (Å²) in [6.45, 7) is -0.810. The predicted octanol–water partition coefficient (Wildman–Crippen LogP) is -4.05. The van der Waals surface area contributed by atoms with E-state index in [0.717, 1.165) is 0 Å². The summed E-state index contributed by atoms with van der Waals surface area (Å²) >= 11 is 0. The Labute approximate surface area is 102 Å². The number of carboxylic acid groups (broad SMARTS) is 1. The third-order valence-electron chi connectivity index (χ3n) is 2.89. The Morgan fingerprint density at radius 3 is 2.50 bits per heavy atom. The number of aliphatic carboxylic acids is 1. The van der Waals surface area contributed by atoms with Gasteiger partial charge in [0.25, 0.3) is 5.79 Å². The Balaban J connectivity index is 2.92. The second kappa shape index (κ2) is 5.45. The van der Waals surface area contributed by atoms with Gasteiger partial charge < -0.3 is 41.1 Å². The molecule has 0 aromatic rings. The lowest BCUT2D eigenvalue weighted by atomic mass is 9.89. The Morgan fingerprint density at radius 2 is 2.06 bits per heavy atom. The lowest BCUT2D eigenvalue weighted by molar-refractivity contribution is -0.292. The highest BCUT2D eigenvalue weighted by molar-refractivity contribution is 5.75. The van der Waals surface area contributed by atoms with E-state index in [9.17, 15) is 25.2 Å². The molecule has 1 heterocycles. The molecule has 4 unspecified atom stereocenters. The summed E-state index contributed by atoms with van der Waals surface area (Å²) in [6.07, 6.45) is -7.01. The highest BCUT2D eigenvalue weighted by atomic mass is 16.7. The van der Waals surface area contributed by atoms with Crippen molar-refractivity contribution >= 4 is 5.97 Å². The normalized spacial score (nSPS) is 40.2. The number of carbonyl (C=O) groups is 1. The molecule has 18 heavy (non-hydrogen) atoms. The average Bonchev–Trinajstić information content (AvgIpc) is 2.31. The zero-order chi connectivity index (χ0) is 14.1. The summed E-state index contributed by atoms with van der Waals surface area (Å²) in [7, 11) is 0. The van der Waals surface area contributed by atoms with E-state index in [0.29, 0.717) is 0 Å². The number of nitrogens with two attached hydrogens (primary N) is 1. The van der Waals surface area contributed by atoms with Crippen molar-refractivity contribution in [1.29, 1.82) is 0 Å². The highest BCUT2D eigenvalue weighted by Crippen LogP contribution is 2.29. The summed E-state index contributed by atoms with van der Waals surface area (Å²) in [5, 5.41) is 55.5. The smallest absolute Gasteiger partial charge is 0.364 e. The molecule has 0 aromatic carbocycles. The number of carboxylic acids is 1. The van der Waals surface area contributed by atoms with Gasteiger partial charge in [-0.15, -0.1) is 0 Å². The number of hydrogen-bond acceptors (Lipinski definition) is 8. The molecule has 1 fully saturated rings. The molecule has 6 atom stereocenters. The molecule has 1 aliphatic heterocycles. The van der Waals surface area contributed by atoms with Crippen LogP contribution in [0.3, 0.4) is 0 Å². The Bertz CT molecular complexity index is 313. The molecule has 1 aliphatic rings. The van der Waals surface area contributed by atoms with Crippen molar-refractivity contribution in [3.05, 3.63) is 0 Å². The Morgan fingerprint density at radius 1 is 1.50 bits per heavy atom. The number of aliphatic hydroxyl groups excluding tert-OH is 4. The summed E-state index contributed by atoms with van der Waals surface area (Å²) in [5.41, 5.74) is 5.51. The molecular formula is C9H17NO8. The van der Waals surface area contributed by atoms with Gasteiger partial charge in [0.15, 0.2) is 0 Å². The van der Waals surface area contributed by atoms with Gasteiger partial charge >= 0.3 is 5.97 Å². The molecule has 0 radical (unpaired) electrons. The van der Waals surface area contributed by atoms with Gasteiger partial charge in [-0.05, 0) is 0 Å². The molecule has 1 rings (SSSR count). The first-order valence-electron chi connectivity index (χ1n) is 5.27. The minimum absolute atomic E-state index is 0.665.